The molecule has 1 aromatic carbocycles. The van der Waals surface area contributed by atoms with Gasteiger partial charge in [-0.2, -0.15) is 9.78 Å². The molecule has 0 radical (unpaired) electrons. The van der Waals surface area contributed by atoms with Crippen LogP contribution in [0.1, 0.15) is 15.9 Å². The first-order chi connectivity index (χ1) is 16.7. The summed E-state index contributed by atoms with van der Waals surface area (Å²) >= 11 is 1.12. The minimum absolute atomic E-state index is 0.173. The summed E-state index contributed by atoms with van der Waals surface area (Å²) in [4.78, 5) is 34.0. The van der Waals surface area contributed by atoms with Gasteiger partial charge < -0.3 is 0 Å². The molecule has 5 aromatic rings. The van der Waals surface area contributed by atoms with Crippen molar-refractivity contribution in [2.24, 2.45) is 5.10 Å². The lowest BCUT2D eigenvalue weighted by atomic mass is 10.3. The predicted molar refractivity (Wildman–Crippen MR) is 124 cm³/mol. The van der Waals surface area contributed by atoms with Crippen molar-refractivity contribution >= 4 is 29.5 Å². The number of rotatable bonds is 6. The van der Waals surface area contributed by atoms with Gasteiger partial charge in [-0.1, -0.05) is 24.3 Å². The molecule has 0 saturated carbocycles. The minimum Gasteiger partial charge on any atom is -0.268 e. The summed E-state index contributed by atoms with van der Waals surface area (Å²) in [6.07, 6.45) is 5.89. The Kier molecular flexibility index (Phi) is 5.86. The SMILES string of the molecule is O=C(N/N=C/c1c(Sc2nnnn2-c2ccccc2)nc2ccccn2c1=O)c1ccncc1. The van der Waals surface area contributed by atoms with Gasteiger partial charge in [-0.3, -0.25) is 19.0 Å². The number of hydrogen-bond acceptors (Lipinski definition) is 9. The summed E-state index contributed by atoms with van der Waals surface area (Å²) in [5.74, 6) is -0.435. The van der Waals surface area contributed by atoms with Gasteiger partial charge in [0.25, 0.3) is 11.5 Å². The van der Waals surface area contributed by atoms with E-state index >= 15 is 0 Å². The number of carbonyl (C=O) groups is 1. The summed E-state index contributed by atoms with van der Waals surface area (Å²) < 4.78 is 2.95. The number of fused-ring (bicyclic) bond motifs is 1. The van der Waals surface area contributed by atoms with Crippen LogP contribution in [0, 0.1) is 0 Å². The van der Waals surface area contributed by atoms with Gasteiger partial charge in [-0.25, -0.2) is 10.4 Å². The molecule has 0 aliphatic carbocycles. The van der Waals surface area contributed by atoms with Gasteiger partial charge in [0.2, 0.25) is 5.16 Å². The Morgan fingerprint density at radius 1 is 1.03 bits per heavy atom. The third-order valence-electron chi connectivity index (χ3n) is 4.67. The molecule has 0 bridgehead atoms. The number of pyridine rings is 2. The number of aromatic nitrogens is 7. The molecule has 1 N–H and O–H groups in total. The average Bonchev–Trinajstić information content (AvgIpc) is 3.35. The number of carbonyl (C=O) groups excluding carboxylic acids is 1. The van der Waals surface area contributed by atoms with Crippen LogP contribution >= 0.6 is 11.8 Å². The summed E-state index contributed by atoms with van der Waals surface area (Å²) in [7, 11) is 0. The maximum Gasteiger partial charge on any atom is 0.271 e. The first-order valence-electron chi connectivity index (χ1n) is 9.97. The van der Waals surface area contributed by atoms with Crippen molar-refractivity contribution < 1.29 is 4.79 Å². The molecule has 4 aromatic heterocycles. The topological polar surface area (TPSA) is 132 Å². The number of amides is 1. The first-order valence-corrected chi connectivity index (χ1v) is 10.8. The summed E-state index contributed by atoms with van der Waals surface area (Å²) in [6.45, 7) is 0. The van der Waals surface area contributed by atoms with Crippen LogP contribution in [-0.2, 0) is 0 Å². The van der Waals surface area contributed by atoms with E-state index in [0.29, 0.717) is 21.4 Å². The summed E-state index contributed by atoms with van der Waals surface area (Å²) in [6, 6.07) is 17.7. The molecule has 5 rings (SSSR count). The Bertz CT molecular complexity index is 1550. The van der Waals surface area contributed by atoms with Crippen LogP contribution in [0.25, 0.3) is 11.3 Å². The second-order valence-electron chi connectivity index (χ2n) is 6.81. The van der Waals surface area contributed by atoms with E-state index in [1.54, 1.807) is 41.2 Å². The third-order valence-corrected chi connectivity index (χ3v) is 5.61. The van der Waals surface area contributed by atoms with E-state index in [0.717, 1.165) is 17.4 Å². The van der Waals surface area contributed by atoms with Gasteiger partial charge >= 0.3 is 0 Å². The third kappa shape index (κ3) is 4.29. The molecule has 4 heterocycles. The molecule has 0 aliphatic heterocycles. The molecule has 34 heavy (non-hydrogen) atoms. The molecule has 11 nitrogen and oxygen atoms in total. The fourth-order valence-corrected chi connectivity index (χ4v) is 3.92. The molecule has 0 spiro atoms. The second kappa shape index (κ2) is 9.42. The summed E-state index contributed by atoms with van der Waals surface area (Å²) in [5, 5.41) is 16.6. The molecular formula is C22H15N9O2S. The van der Waals surface area contributed by atoms with Crippen molar-refractivity contribution in [3.8, 4) is 5.69 Å². The Labute approximate surface area is 196 Å². The zero-order valence-electron chi connectivity index (χ0n) is 17.4. The van der Waals surface area contributed by atoms with Crippen LogP contribution in [0.3, 0.4) is 0 Å². The summed E-state index contributed by atoms with van der Waals surface area (Å²) in [5.41, 5.74) is 3.83. The molecule has 0 fully saturated rings. The second-order valence-corrected chi connectivity index (χ2v) is 7.77. The average molecular weight is 469 g/mol. The molecule has 1 amide bonds. The van der Waals surface area contributed by atoms with Crippen molar-refractivity contribution in [3.63, 3.8) is 0 Å². The van der Waals surface area contributed by atoms with E-state index in [4.69, 9.17) is 0 Å². The Morgan fingerprint density at radius 3 is 2.65 bits per heavy atom. The van der Waals surface area contributed by atoms with Gasteiger partial charge in [0.15, 0.2) is 0 Å². The van der Waals surface area contributed by atoms with Crippen LogP contribution in [0.4, 0.5) is 0 Å². The minimum atomic E-state index is -0.435. The predicted octanol–water partition coefficient (Wildman–Crippen LogP) is 1.98. The normalized spacial score (nSPS) is 11.2. The van der Waals surface area contributed by atoms with Crippen LogP contribution in [0.15, 0.2) is 99.3 Å². The van der Waals surface area contributed by atoms with E-state index in [2.05, 4.69) is 36.0 Å². The number of hydrazone groups is 1. The molecule has 0 aliphatic rings. The van der Waals surface area contributed by atoms with Crippen molar-refractivity contribution in [2.75, 3.05) is 0 Å². The van der Waals surface area contributed by atoms with Gasteiger partial charge in [-0.05, 0) is 58.6 Å². The Morgan fingerprint density at radius 2 is 1.82 bits per heavy atom. The lowest BCUT2D eigenvalue weighted by molar-refractivity contribution is 0.0955. The van der Waals surface area contributed by atoms with Crippen LogP contribution in [0.2, 0.25) is 0 Å². The molecule has 0 saturated heterocycles. The number of benzene rings is 1. The zero-order valence-corrected chi connectivity index (χ0v) is 18.2. The largest absolute Gasteiger partial charge is 0.271 e. The molecular weight excluding hydrogens is 454 g/mol. The van der Waals surface area contributed by atoms with Crippen molar-refractivity contribution in [3.05, 3.63) is 101 Å². The van der Waals surface area contributed by atoms with Gasteiger partial charge in [0, 0.05) is 24.2 Å². The zero-order chi connectivity index (χ0) is 23.3. The van der Waals surface area contributed by atoms with Crippen LogP contribution in [-0.4, -0.2) is 46.7 Å². The highest BCUT2D eigenvalue weighted by Gasteiger charge is 2.17. The highest BCUT2D eigenvalue weighted by Crippen LogP contribution is 2.27. The Hall–Kier alpha value is -4.71. The lowest BCUT2D eigenvalue weighted by Crippen LogP contribution is -2.23. The van der Waals surface area contributed by atoms with Crippen LogP contribution in [0.5, 0.6) is 0 Å². The van der Waals surface area contributed by atoms with E-state index < -0.39 is 5.91 Å². The van der Waals surface area contributed by atoms with E-state index in [9.17, 15) is 9.59 Å². The smallest absolute Gasteiger partial charge is 0.268 e. The van der Waals surface area contributed by atoms with Crippen molar-refractivity contribution in [2.45, 2.75) is 10.2 Å². The molecule has 0 unspecified atom stereocenters. The highest BCUT2D eigenvalue weighted by atomic mass is 32.2. The maximum absolute atomic E-state index is 13.2. The fourth-order valence-electron chi connectivity index (χ4n) is 3.05. The molecule has 12 heteroatoms. The van der Waals surface area contributed by atoms with E-state index in [-0.39, 0.29) is 11.1 Å². The van der Waals surface area contributed by atoms with E-state index in [1.165, 1.54) is 23.0 Å². The number of nitrogens with one attached hydrogen (secondary N) is 1. The van der Waals surface area contributed by atoms with Gasteiger partial charge in [0.1, 0.15) is 10.7 Å². The monoisotopic (exact) mass is 469 g/mol. The Balaban J connectivity index is 1.52. The first kappa shape index (κ1) is 21.2. The van der Waals surface area contributed by atoms with Crippen molar-refractivity contribution in [1.82, 2.24) is 40.0 Å². The molecule has 166 valence electrons. The van der Waals surface area contributed by atoms with Crippen LogP contribution < -0.4 is 11.0 Å². The number of tetrazole rings is 1. The van der Waals surface area contributed by atoms with Crippen molar-refractivity contribution in [1.29, 1.82) is 0 Å². The number of para-hydroxylation sites is 1. The number of nitrogens with zero attached hydrogens (tertiary/aromatic N) is 8. The number of hydrogen-bond donors (Lipinski definition) is 1. The molecule has 0 atom stereocenters. The maximum atomic E-state index is 13.2. The van der Waals surface area contributed by atoms with Gasteiger partial charge in [-0.15, -0.1) is 5.10 Å². The van der Waals surface area contributed by atoms with E-state index in [1.807, 2.05) is 30.3 Å². The fraction of sp³-hybridized carbons (Fsp3) is 0. The highest BCUT2D eigenvalue weighted by molar-refractivity contribution is 7.99. The standard InChI is InChI=1S/C22H15N9O2S/c32-19(15-9-11-23-12-10-15)26-24-14-17-20(25-18-8-4-5-13-30(18)21(17)33)34-22-27-28-29-31(22)16-6-2-1-3-7-16/h1-14H,(H,26,32)/b24-14+. The quantitative estimate of drug-likeness (QED) is 0.227. The lowest BCUT2D eigenvalue weighted by Gasteiger charge is -2.08. The van der Waals surface area contributed by atoms with Gasteiger partial charge in [0.05, 0.1) is 17.5 Å².